The molecule has 1 heterocycles. The molecule has 34 heavy (non-hydrogen) atoms. The lowest BCUT2D eigenvalue weighted by atomic mass is 9.71. The van der Waals surface area contributed by atoms with E-state index in [4.69, 9.17) is 23.7 Å². The number of aliphatic hydroxyl groups is 1. The average Bonchev–Trinajstić information content (AvgIpc) is 2.99. The van der Waals surface area contributed by atoms with Crippen molar-refractivity contribution in [3.63, 3.8) is 0 Å². The Kier molecular flexibility index (Phi) is 8.51. The lowest BCUT2D eigenvalue weighted by Gasteiger charge is -2.36. The van der Waals surface area contributed by atoms with Crippen molar-refractivity contribution < 1.29 is 52.8 Å². The van der Waals surface area contributed by atoms with Gasteiger partial charge in [-0.15, -0.1) is 0 Å². The molecule has 1 aliphatic carbocycles. The number of esters is 4. The van der Waals surface area contributed by atoms with Crippen LogP contribution in [0, 0.1) is 5.41 Å². The highest BCUT2D eigenvalue weighted by Gasteiger charge is 2.41. The van der Waals surface area contributed by atoms with E-state index in [2.05, 4.69) is 6.58 Å². The maximum atomic E-state index is 12.6. The molecule has 0 saturated heterocycles. The van der Waals surface area contributed by atoms with Gasteiger partial charge in [-0.25, -0.2) is 9.59 Å². The molecule has 11 nitrogen and oxygen atoms in total. The molecule has 0 aromatic rings. The number of rotatable bonds is 9. The van der Waals surface area contributed by atoms with Crippen LogP contribution in [-0.2, 0) is 47.7 Å². The van der Waals surface area contributed by atoms with Gasteiger partial charge < -0.3 is 28.8 Å². The van der Waals surface area contributed by atoms with Crippen LogP contribution in [0.2, 0.25) is 0 Å². The number of ketones is 1. The number of aliphatic hydroxyl groups excluding tert-OH is 1. The summed E-state index contributed by atoms with van der Waals surface area (Å²) in [4.78, 5) is 59.3. The lowest BCUT2D eigenvalue weighted by molar-refractivity contribution is -0.191. The van der Waals surface area contributed by atoms with Crippen molar-refractivity contribution in [1.29, 1.82) is 0 Å². The maximum Gasteiger partial charge on any atom is 0.378 e. The number of hydrogen-bond acceptors (Lipinski definition) is 11. The number of Topliss-reactive ketones (excluding diaryl/α,β-unsaturated/α-hetero) is 1. The van der Waals surface area contributed by atoms with E-state index in [0.29, 0.717) is 5.57 Å². The molecule has 11 heteroatoms. The van der Waals surface area contributed by atoms with Crippen LogP contribution in [0.25, 0.3) is 0 Å². The van der Waals surface area contributed by atoms with Crippen molar-refractivity contribution in [3.8, 4) is 0 Å². The van der Waals surface area contributed by atoms with Gasteiger partial charge >= 0.3 is 23.9 Å². The van der Waals surface area contributed by atoms with Crippen LogP contribution in [0.4, 0.5) is 0 Å². The van der Waals surface area contributed by atoms with Gasteiger partial charge in [0.15, 0.2) is 23.8 Å². The van der Waals surface area contributed by atoms with Crippen LogP contribution >= 0.6 is 0 Å². The number of carbonyl (C=O) groups is 5. The number of allylic oxidation sites excluding steroid dienone is 2. The first-order valence-electron chi connectivity index (χ1n) is 10.5. The molecule has 2 unspecified atom stereocenters. The van der Waals surface area contributed by atoms with E-state index in [1.807, 2.05) is 13.8 Å². The van der Waals surface area contributed by atoms with Crippen molar-refractivity contribution in [1.82, 2.24) is 0 Å². The third-order valence-electron chi connectivity index (χ3n) is 5.26. The van der Waals surface area contributed by atoms with E-state index in [9.17, 15) is 29.1 Å². The van der Waals surface area contributed by atoms with Crippen LogP contribution in [0.1, 0.15) is 47.5 Å². The molecule has 0 amide bonds. The fourth-order valence-electron chi connectivity index (χ4n) is 3.80. The zero-order chi connectivity index (χ0) is 25.8. The minimum atomic E-state index is -2.02. The molecule has 0 radical (unpaired) electrons. The number of cyclic esters (lactones) is 1. The molecule has 3 atom stereocenters. The second-order valence-electron chi connectivity index (χ2n) is 8.41. The molecule has 2 aliphatic rings. The highest BCUT2D eigenvalue weighted by Crippen LogP contribution is 2.40. The summed E-state index contributed by atoms with van der Waals surface area (Å²) in [6.45, 7) is 10.9. The van der Waals surface area contributed by atoms with Gasteiger partial charge in [0.1, 0.15) is 0 Å². The molecule has 186 valence electrons. The Bertz CT molecular complexity index is 969. The quantitative estimate of drug-likeness (QED) is 0.289. The molecule has 1 aliphatic heterocycles. The molecule has 0 aromatic heterocycles. The van der Waals surface area contributed by atoms with Gasteiger partial charge in [0.2, 0.25) is 0 Å². The predicted octanol–water partition coefficient (Wildman–Crippen LogP) is 1.39. The Labute approximate surface area is 196 Å². The fraction of sp³-hybridized carbons (Fsp3) is 0.522. The van der Waals surface area contributed by atoms with E-state index in [0.717, 1.165) is 19.4 Å². The predicted molar refractivity (Wildman–Crippen MR) is 113 cm³/mol. The highest BCUT2D eigenvalue weighted by molar-refractivity contribution is 6.01. The summed E-state index contributed by atoms with van der Waals surface area (Å²) in [5, 5.41) is 10.0. The van der Waals surface area contributed by atoms with Crippen LogP contribution in [-0.4, -0.2) is 59.9 Å². The minimum Gasteiger partial charge on any atom is -0.450 e. The summed E-state index contributed by atoms with van der Waals surface area (Å²) < 4.78 is 24.9. The van der Waals surface area contributed by atoms with Gasteiger partial charge in [-0.3, -0.25) is 14.4 Å². The summed E-state index contributed by atoms with van der Waals surface area (Å²) in [6.07, 6.45) is -2.61. The first-order valence-corrected chi connectivity index (χ1v) is 10.5. The van der Waals surface area contributed by atoms with Gasteiger partial charge in [-0.2, -0.15) is 0 Å². The zero-order valence-electron chi connectivity index (χ0n) is 19.7. The highest BCUT2D eigenvalue weighted by atomic mass is 16.7. The molecule has 0 spiro atoms. The van der Waals surface area contributed by atoms with Crippen LogP contribution in [0.5, 0.6) is 0 Å². The fourth-order valence-corrected chi connectivity index (χ4v) is 3.80. The second kappa shape index (κ2) is 10.7. The Hall–Kier alpha value is -3.31. The molecule has 0 fully saturated rings. The lowest BCUT2D eigenvalue weighted by Crippen LogP contribution is -2.41. The first kappa shape index (κ1) is 26.9. The standard InChI is InChI=1S/C23H28O11/c1-7-14-11(2)17(26)16(10-23(14,5)6)34-22(29)21(28)30-9-8-15-18(31-12(3)24)19(20(27)33-15)32-13(4)25/h7,15-16,21,28H,1,8-10H2,2-6H3/t15-,16?,21?/m1/s1. The topological polar surface area (TPSA) is 152 Å². The SMILES string of the molecule is C=CC1=C(C)C(=O)C(OC(=O)C(O)OCC[C@H]2OC(=O)C(OC(C)=O)=C2OC(C)=O)CC1(C)C. The maximum absolute atomic E-state index is 12.6. The van der Waals surface area contributed by atoms with E-state index in [1.165, 1.54) is 0 Å². The van der Waals surface area contributed by atoms with Gasteiger partial charge in [-0.05, 0) is 23.5 Å². The third kappa shape index (κ3) is 6.17. The van der Waals surface area contributed by atoms with E-state index in [1.54, 1.807) is 13.0 Å². The summed E-state index contributed by atoms with van der Waals surface area (Å²) >= 11 is 0. The van der Waals surface area contributed by atoms with Crippen LogP contribution in [0.3, 0.4) is 0 Å². The summed E-state index contributed by atoms with van der Waals surface area (Å²) in [5.41, 5.74) is 0.718. The molecular formula is C23H28O11. The van der Waals surface area contributed by atoms with Crippen LogP contribution < -0.4 is 0 Å². The molecular weight excluding hydrogens is 452 g/mol. The van der Waals surface area contributed by atoms with Gasteiger partial charge in [0.05, 0.1) is 6.61 Å². The number of ether oxygens (including phenoxy) is 5. The monoisotopic (exact) mass is 480 g/mol. The minimum absolute atomic E-state index is 0.149. The van der Waals surface area contributed by atoms with Gasteiger partial charge in [0.25, 0.3) is 12.0 Å². The first-order chi connectivity index (χ1) is 15.8. The van der Waals surface area contributed by atoms with Crippen molar-refractivity contribution in [2.45, 2.75) is 66.0 Å². The van der Waals surface area contributed by atoms with E-state index >= 15 is 0 Å². The third-order valence-corrected chi connectivity index (χ3v) is 5.26. The smallest absolute Gasteiger partial charge is 0.378 e. The van der Waals surface area contributed by atoms with Crippen LogP contribution in [0.15, 0.2) is 35.3 Å². The Balaban J connectivity index is 1.98. The molecule has 0 aromatic carbocycles. The Morgan fingerprint density at radius 3 is 2.38 bits per heavy atom. The van der Waals surface area contributed by atoms with Crippen molar-refractivity contribution in [2.75, 3.05) is 6.61 Å². The Morgan fingerprint density at radius 2 is 1.82 bits per heavy atom. The van der Waals surface area contributed by atoms with E-state index < -0.39 is 53.5 Å². The Morgan fingerprint density at radius 1 is 1.21 bits per heavy atom. The average molecular weight is 480 g/mol. The molecule has 0 bridgehead atoms. The van der Waals surface area contributed by atoms with E-state index in [-0.39, 0.29) is 31.0 Å². The van der Waals surface area contributed by atoms with Crippen molar-refractivity contribution in [2.24, 2.45) is 5.41 Å². The largest absolute Gasteiger partial charge is 0.450 e. The van der Waals surface area contributed by atoms with Gasteiger partial charge in [-0.1, -0.05) is 26.5 Å². The van der Waals surface area contributed by atoms with Crippen molar-refractivity contribution in [3.05, 3.63) is 35.3 Å². The second-order valence-corrected chi connectivity index (χ2v) is 8.41. The molecule has 1 N–H and O–H groups in total. The zero-order valence-corrected chi connectivity index (χ0v) is 19.7. The van der Waals surface area contributed by atoms with Gasteiger partial charge in [0, 0.05) is 26.7 Å². The molecule has 0 saturated carbocycles. The number of carbonyl (C=O) groups excluding carboxylic acids is 5. The summed E-state index contributed by atoms with van der Waals surface area (Å²) in [6, 6.07) is 0. The summed E-state index contributed by atoms with van der Waals surface area (Å²) in [7, 11) is 0. The van der Waals surface area contributed by atoms with Crippen molar-refractivity contribution >= 4 is 29.7 Å². The normalized spacial score (nSPS) is 22.8. The number of hydrogen-bond donors (Lipinski definition) is 1. The summed E-state index contributed by atoms with van der Waals surface area (Å²) in [5.74, 6) is -5.05. The molecule has 2 rings (SSSR count).